The number of nitrogens with one attached hydrogen (secondary N) is 1. The molecular weight excluding hydrogens is 375 g/mol. The van der Waals surface area contributed by atoms with E-state index in [0.29, 0.717) is 22.3 Å². The van der Waals surface area contributed by atoms with E-state index in [1.54, 1.807) is 25.3 Å². The first-order valence-corrected chi connectivity index (χ1v) is 8.82. The highest BCUT2D eigenvalue weighted by molar-refractivity contribution is 6.35. The summed E-state index contributed by atoms with van der Waals surface area (Å²) in [6.45, 7) is 0.289. The number of halogens is 2. The molecule has 0 aromatic heterocycles. The molecule has 0 saturated carbocycles. The summed E-state index contributed by atoms with van der Waals surface area (Å²) < 4.78 is 10.9. The molecule has 0 bridgehead atoms. The maximum atomic E-state index is 12.2. The Hall–Kier alpha value is -1.95. The van der Waals surface area contributed by atoms with Crippen LogP contribution in [0.25, 0.3) is 0 Å². The molecule has 0 aliphatic heterocycles. The number of methoxy groups -OCH3 is 1. The van der Waals surface area contributed by atoms with Gasteiger partial charge in [-0.25, -0.2) is 0 Å². The lowest BCUT2D eigenvalue weighted by atomic mass is 10.0. The van der Waals surface area contributed by atoms with Crippen LogP contribution in [-0.4, -0.2) is 45.2 Å². The molecule has 0 aliphatic rings. The molecule has 7 heteroatoms. The van der Waals surface area contributed by atoms with Crippen LogP contribution in [0, 0.1) is 0 Å². The summed E-state index contributed by atoms with van der Waals surface area (Å²) in [5, 5.41) is 3.76. The largest absolute Gasteiger partial charge is 0.496 e. The van der Waals surface area contributed by atoms with Gasteiger partial charge in [0.15, 0.2) is 6.61 Å². The average Bonchev–Trinajstić information content (AvgIpc) is 2.61. The van der Waals surface area contributed by atoms with Crippen molar-refractivity contribution in [1.29, 1.82) is 0 Å². The summed E-state index contributed by atoms with van der Waals surface area (Å²) in [6.07, 6.45) is 0. The smallest absolute Gasteiger partial charge is 0.258 e. The normalized spacial score (nSPS) is 11.9. The molecule has 1 unspecified atom stereocenters. The third-order valence-corrected chi connectivity index (χ3v) is 4.40. The minimum absolute atomic E-state index is 0.0331. The molecule has 2 rings (SSSR count). The van der Waals surface area contributed by atoms with Gasteiger partial charge in [0.2, 0.25) is 0 Å². The maximum Gasteiger partial charge on any atom is 0.258 e. The van der Waals surface area contributed by atoms with Gasteiger partial charge in [0.1, 0.15) is 11.5 Å². The Labute approximate surface area is 163 Å². The molecule has 5 nitrogen and oxygen atoms in total. The second-order valence-corrected chi connectivity index (χ2v) is 6.73. The fourth-order valence-electron chi connectivity index (χ4n) is 2.51. The predicted octanol–water partition coefficient (Wildman–Crippen LogP) is 3.80. The standard InChI is InChI=1S/C19H22Cl2N2O3/c1-23(2)16(14-6-4-5-7-17(14)25-3)11-22-19(24)12-26-18-9-8-13(20)10-15(18)21/h4-10,16H,11-12H2,1-3H3,(H,22,24). The lowest BCUT2D eigenvalue weighted by Crippen LogP contribution is -2.37. The second-order valence-electron chi connectivity index (χ2n) is 5.89. The quantitative estimate of drug-likeness (QED) is 0.736. The topological polar surface area (TPSA) is 50.8 Å². The summed E-state index contributed by atoms with van der Waals surface area (Å²) in [5.41, 5.74) is 1.00. The lowest BCUT2D eigenvalue weighted by Gasteiger charge is -2.26. The van der Waals surface area contributed by atoms with Gasteiger partial charge in [-0.3, -0.25) is 4.79 Å². The molecule has 1 atom stereocenters. The number of rotatable bonds is 8. The number of ether oxygens (including phenoxy) is 2. The molecular formula is C19H22Cl2N2O3. The van der Waals surface area contributed by atoms with Crippen molar-refractivity contribution in [3.05, 3.63) is 58.1 Å². The molecule has 0 radical (unpaired) electrons. The van der Waals surface area contributed by atoms with E-state index in [1.165, 1.54) is 0 Å². The van der Waals surface area contributed by atoms with Crippen molar-refractivity contribution in [2.24, 2.45) is 0 Å². The van der Waals surface area contributed by atoms with Crippen molar-refractivity contribution in [2.45, 2.75) is 6.04 Å². The lowest BCUT2D eigenvalue weighted by molar-refractivity contribution is -0.123. The Kier molecular flexibility index (Phi) is 7.57. The molecule has 1 amide bonds. The van der Waals surface area contributed by atoms with Gasteiger partial charge < -0.3 is 19.7 Å². The van der Waals surface area contributed by atoms with Crippen LogP contribution < -0.4 is 14.8 Å². The highest BCUT2D eigenvalue weighted by atomic mass is 35.5. The van der Waals surface area contributed by atoms with Crippen LogP contribution in [-0.2, 0) is 4.79 Å². The third kappa shape index (κ3) is 5.53. The van der Waals surface area contributed by atoms with Gasteiger partial charge >= 0.3 is 0 Å². The summed E-state index contributed by atoms with van der Waals surface area (Å²) in [5.74, 6) is 0.961. The highest BCUT2D eigenvalue weighted by Gasteiger charge is 2.19. The van der Waals surface area contributed by atoms with E-state index in [0.717, 1.165) is 11.3 Å². The van der Waals surface area contributed by atoms with E-state index in [9.17, 15) is 4.79 Å². The average molecular weight is 397 g/mol. The summed E-state index contributed by atoms with van der Waals surface area (Å²) >= 11 is 11.9. The van der Waals surface area contributed by atoms with Crippen LogP contribution in [0.3, 0.4) is 0 Å². The number of amides is 1. The fraction of sp³-hybridized carbons (Fsp3) is 0.316. The third-order valence-electron chi connectivity index (χ3n) is 3.87. The van der Waals surface area contributed by atoms with Crippen molar-refractivity contribution in [1.82, 2.24) is 10.2 Å². The van der Waals surface area contributed by atoms with Gasteiger partial charge in [0.05, 0.1) is 18.2 Å². The first kappa shape index (κ1) is 20.4. The molecule has 0 heterocycles. The van der Waals surface area contributed by atoms with Gasteiger partial charge in [0.25, 0.3) is 5.91 Å². The van der Waals surface area contributed by atoms with Crippen LogP contribution in [0.4, 0.5) is 0 Å². The molecule has 26 heavy (non-hydrogen) atoms. The van der Waals surface area contributed by atoms with Crippen LogP contribution >= 0.6 is 23.2 Å². The number of nitrogens with zero attached hydrogens (tertiary/aromatic N) is 1. The van der Waals surface area contributed by atoms with Crippen molar-refractivity contribution in [3.8, 4) is 11.5 Å². The first-order chi connectivity index (χ1) is 12.4. The summed E-state index contributed by atoms with van der Waals surface area (Å²) in [7, 11) is 5.54. The summed E-state index contributed by atoms with van der Waals surface area (Å²) in [4.78, 5) is 14.2. The zero-order valence-corrected chi connectivity index (χ0v) is 16.5. The van der Waals surface area contributed by atoms with E-state index in [1.807, 2.05) is 43.3 Å². The zero-order valence-electron chi connectivity index (χ0n) is 15.0. The number of likely N-dealkylation sites (N-methyl/N-ethyl adjacent to an activating group) is 1. The Morgan fingerprint density at radius 2 is 1.88 bits per heavy atom. The monoisotopic (exact) mass is 396 g/mol. The fourth-order valence-corrected chi connectivity index (χ4v) is 2.97. The first-order valence-electron chi connectivity index (χ1n) is 8.06. The Morgan fingerprint density at radius 1 is 1.15 bits per heavy atom. The molecule has 1 N–H and O–H groups in total. The number of carbonyl (C=O) groups is 1. The van der Waals surface area contributed by atoms with Gasteiger partial charge in [-0.15, -0.1) is 0 Å². The van der Waals surface area contributed by atoms with Crippen molar-refractivity contribution >= 4 is 29.1 Å². The van der Waals surface area contributed by atoms with Gasteiger partial charge in [-0.05, 0) is 38.4 Å². The van der Waals surface area contributed by atoms with E-state index in [2.05, 4.69) is 5.32 Å². The summed E-state index contributed by atoms with van der Waals surface area (Å²) in [6, 6.07) is 12.6. The van der Waals surface area contributed by atoms with E-state index in [-0.39, 0.29) is 18.6 Å². The maximum absolute atomic E-state index is 12.2. The molecule has 0 fully saturated rings. The van der Waals surface area contributed by atoms with E-state index in [4.69, 9.17) is 32.7 Å². The van der Waals surface area contributed by atoms with Crippen LogP contribution in [0.2, 0.25) is 10.0 Å². The molecule has 0 aliphatic carbocycles. The van der Waals surface area contributed by atoms with Crippen LogP contribution in [0.1, 0.15) is 11.6 Å². The Morgan fingerprint density at radius 3 is 2.54 bits per heavy atom. The highest BCUT2D eigenvalue weighted by Crippen LogP contribution is 2.28. The minimum Gasteiger partial charge on any atom is -0.496 e. The molecule has 2 aromatic rings. The number of hydrogen-bond donors (Lipinski definition) is 1. The van der Waals surface area contributed by atoms with Crippen molar-refractivity contribution in [2.75, 3.05) is 34.4 Å². The minimum atomic E-state index is -0.238. The SMILES string of the molecule is COc1ccccc1C(CNC(=O)COc1ccc(Cl)cc1Cl)N(C)C. The van der Waals surface area contributed by atoms with Crippen molar-refractivity contribution < 1.29 is 14.3 Å². The van der Waals surface area contributed by atoms with E-state index >= 15 is 0 Å². The van der Waals surface area contributed by atoms with Gasteiger partial charge in [-0.1, -0.05) is 41.4 Å². The molecule has 2 aromatic carbocycles. The molecule has 140 valence electrons. The van der Waals surface area contributed by atoms with Gasteiger partial charge in [0, 0.05) is 17.1 Å². The number of para-hydroxylation sites is 1. The van der Waals surface area contributed by atoms with Gasteiger partial charge in [-0.2, -0.15) is 0 Å². The molecule has 0 spiro atoms. The predicted molar refractivity (Wildman–Crippen MR) is 104 cm³/mol. The molecule has 0 saturated heterocycles. The van der Waals surface area contributed by atoms with Crippen LogP contribution in [0.5, 0.6) is 11.5 Å². The van der Waals surface area contributed by atoms with Crippen molar-refractivity contribution in [3.63, 3.8) is 0 Å². The van der Waals surface area contributed by atoms with E-state index < -0.39 is 0 Å². The van der Waals surface area contributed by atoms with Crippen LogP contribution in [0.15, 0.2) is 42.5 Å². The number of hydrogen-bond acceptors (Lipinski definition) is 4. The Balaban J connectivity index is 1.95. The number of benzene rings is 2. The second kappa shape index (κ2) is 9.67. The zero-order chi connectivity index (χ0) is 19.1. The Bertz CT molecular complexity index is 753. The number of carbonyl (C=O) groups excluding carboxylic acids is 1.